The van der Waals surface area contributed by atoms with Crippen LogP contribution >= 0.6 is 0 Å². The van der Waals surface area contributed by atoms with E-state index in [2.05, 4.69) is 15.4 Å². The number of benzene rings is 1. The Morgan fingerprint density at radius 1 is 1.37 bits per heavy atom. The molecular formula is C13H16F2N2O2. The first kappa shape index (κ1) is 13.6. The van der Waals surface area contributed by atoms with Crippen LogP contribution in [0.3, 0.4) is 0 Å². The van der Waals surface area contributed by atoms with Crippen molar-refractivity contribution in [2.45, 2.75) is 38.5 Å². The summed E-state index contributed by atoms with van der Waals surface area (Å²) in [6.07, 6.45) is 2.01. The van der Waals surface area contributed by atoms with Gasteiger partial charge in [-0.25, -0.2) is 0 Å². The third-order valence-electron chi connectivity index (χ3n) is 2.79. The van der Waals surface area contributed by atoms with Crippen LogP contribution in [0.1, 0.15) is 19.8 Å². The quantitative estimate of drug-likeness (QED) is 0.834. The monoisotopic (exact) mass is 270 g/mol. The molecule has 1 aliphatic carbocycles. The highest BCUT2D eigenvalue weighted by Crippen LogP contribution is 2.26. The summed E-state index contributed by atoms with van der Waals surface area (Å²) in [6.45, 7) is -1.21. The van der Waals surface area contributed by atoms with E-state index in [-0.39, 0.29) is 17.7 Å². The van der Waals surface area contributed by atoms with Crippen LogP contribution in [0.4, 0.5) is 14.5 Å². The van der Waals surface area contributed by atoms with E-state index in [1.807, 2.05) is 0 Å². The Hall–Kier alpha value is -1.85. The number of hydrogen-bond acceptors (Lipinski definition) is 3. The highest BCUT2D eigenvalue weighted by atomic mass is 19.3. The number of alkyl halides is 2. The molecule has 19 heavy (non-hydrogen) atoms. The van der Waals surface area contributed by atoms with Crippen LogP contribution in [0.25, 0.3) is 0 Å². The molecular weight excluding hydrogens is 254 g/mol. The molecule has 0 aliphatic heterocycles. The Morgan fingerprint density at radius 2 is 2.05 bits per heavy atom. The lowest BCUT2D eigenvalue weighted by molar-refractivity contribution is -0.121. The Balaban J connectivity index is 1.98. The van der Waals surface area contributed by atoms with E-state index in [0.29, 0.717) is 5.69 Å². The van der Waals surface area contributed by atoms with Crippen LogP contribution in [-0.2, 0) is 4.79 Å². The van der Waals surface area contributed by atoms with Gasteiger partial charge in [-0.3, -0.25) is 4.79 Å². The van der Waals surface area contributed by atoms with Gasteiger partial charge in [0.1, 0.15) is 11.8 Å². The first-order valence-electron chi connectivity index (χ1n) is 6.17. The van der Waals surface area contributed by atoms with Crippen molar-refractivity contribution >= 4 is 11.6 Å². The Kier molecular flexibility index (Phi) is 4.19. The summed E-state index contributed by atoms with van der Waals surface area (Å²) >= 11 is 0. The van der Waals surface area contributed by atoms with Gasteiger partial charge < -0.3 is 15.4 Å². The van der Waals surface area contributed by atoms with Crippen molar-refractivity contribution in [3.05, 3.63) is 24.3 Å². The van der Waals surface area contributed by atoms with E-state index in [9.17, 15) is 13.6 Å². The van der Waals surface area contributed by atoms with Gasteiger partial charge in [-0.15, -0.1) is 0 Å². The zero-order valence-corrected chi connectivity index (χ0v) is 10.5. The van der Waals surface area contributed by atoms with Gasteiger partial charge in [-0.1, -0.05) is 12.1 Å². The molecule has 0 radical (unpaired) electrons. The molecule has 2 N–H and O–H groups in total. The average Bonchev–Trinajstić information content (AvgIpc) is 3.14. The topological polar surface area (TPSA) is 50.4 Å². The molecule has 1 atom stereocenters. The van der Waals surface area contributed by atoms with Gasteiger partial charge in [0.2, 0.25) is 5.91 Å². The Bertz CT molecular complexity index is 450. The van der Waals surface area contributed by atoms with Gasteiger partial charge in [-0.2, -0.15) is 8.78 Å². The number of amides is 1. The summed E-state index contributed by atoms with van der Waals surface area (Å²) in [6, 6.07) is 6.06. The van der Waals surface area contributed by atoms with Crippen molar-refractivity contribution < 1.29 is 18.3 Å². The summed E-state index contributed by atoms with van der Waals surface area (Å²) < 4.78 is 28.9. The molecule has 1 aliphatic rings. The third kappa shape index (κ3) is 4.08. The highest BCUT2D eigenvalue weighted by Gasteiger charge is 2.25. The Labute approximate surface area is 110 Å². The predicted molar refractivity (Wildman–Crippen MR) is 67.3 cm³/mol. The molecule has 0 bridgehead atoms. The summed E-state index contributed by atoms with van der Waals surface area (Å²) in [5.41, 5.74) is 0.376. The number of anilines is 1. The molecule has 104 valence electrons. The summed E-state index contributed by atoms with van der Waals surface area (Å²) in [5.74, 6) is -0.113. The number of carbonyl (C=O) groups excluding carboxylic acids is 1. The molecule has 1 aromatic rings. The maximum absolute atomic E-state index is 12.2. The van der Waals surface area contributed by atoms with Crippen LogP contribution in [0.5, 0.6) is 5.75 Å². The largest absolute Gasteiger partial charge is 0.433 e. The second-order valence-corrected chi connectivity index (χ2v) is 4.52. The van der Waals surface area contributed by atoms with Crippen LogP contribution in [0, 0.1) is 0 Å². The van der Waals surface area contributed by atoms with Gasteiger partial charge in [0.05, 0.1) is 5.69 Å². The highest BCUT2D eigenvalue weighted by molar-refractivity contribution is 5.85. The molecule has 0 heterocycles. The van der Waals surface area contributed by atoms with Crippen molar-refractivity contribution in [3.63, 3.8) is 0 Å². The van der Waals surface area contributed by atoms with Crippen molar-refractivity contribution in [2.24, 2.45) is 0 Å². The smallest absolute Gasteiger partial charge is 0.387 e. The fourth-order valence-corrected chi connectivity index (χ4v) is 1.64. The molecule has 4 nitrogen and oxygen atoms in total. The van der Waals surface area contributed by atoms with Crippen molar-refractivity contribution in [1.29, 1.82) is 0 Å². The van der Waals surface area contributed by atoms with Gasteiger partial charge in [0.15, 0.2) is 0 Å². The van der Waals surface area contributed by atoms with E-state index in [4.69, 9.17) is 0 Å². The van der Waals surface area contributed by atoms with Gasteiger partial charge in [-0.05, 0) is 31.9 Å². The SMILES string of the molecule is CC(Nc1ccccc1OC(F)F)C(=O)NC1CC1. The number of hydrogen-bond donors (Lipinski definition) is 2. The third-order valence-corrected chi connectivity index (χ3v) is 2.79. The van der Waals surface area contributed by atoms with Crippen LogP contribution in [-0.4, -0.2) is 24.6 Å². The minimum Gasteiger partial charge on any atom is -0.433 e. The van der Waals surface area contributed by atoms with Gasteiger partial charge in [0.25, 0.3) is 0 Å². The minimum atomic E-state index is -2.89. The first-order valence-corrected chi connectivity index (χ1v) is 6.17. The molecule has 0 spiro atoms. The fraction of sp³-hybridized carbons (Fsp3) is 0.462. The van der Waals surface area contributed by atoms with Crippen LogP contribution < -0.4 is 15.4 Å². The van der Waals surface area contributed by atoms with E-state index < -0.39 is 12.7 Å². The van der Waals surface area contributed by atoms with Gasteiger partial charge >= 0.3 is 6.61 Å². The second-order valence-electron chi connectivity index (χ2n) is 4.52. The maximum Gasteiger partial charge on any atom is 0.387 e. The first-order chi connectivity index (χ1) is 9.06. The molecule has 0 aromatic heterocycles. The summed E-state index contributed by atoms with van der Waals surface area (Å²) in [7, 11) is 0. The molecule has 6 heteroatoms. The number of ether oxygens (including phenoxy) is 1. The Morgan fingerprint density at radius 3 is 2.68 bits per heavy atom. The predicted octanol–water partition coefficient (Wildman–Crippen LogP) is 2.37. The maximum atomic E-state index is 12.2. The van der Waals surface area contributed by atoms with Gasteiger partial charge in [0, 0.05) is 6.04 Å². The van der Waals surface area contributed by atoms with Crippen molar-refractivity contribution in [3.8, 4) is 5.75 Å². The second kappa shape index (κ2) is 5.86. The van der Waals surface area contributed by atoms with Crippen molar-refractivity contribution in [1.82, 2.24) is 5.32 Å². The average molecular weight is 270 g/mol. The lowest BCUT2D eigenvalue weighted by Gasteiger charge is -2.17. The lowest BCUT2D eigenvalue weighted by atomic mass is 10.2. The summed E-state index contributed by atoms with van der Waals surface area (Å²) in [5, 5.41) is 5.72. The number of carbonyl (C=O) groups is 1. The number of halogens is 2. The number of para-hydroxylation sites is 2. The molecule has 1 aromatic carbocycles. The van der Waals surface area contributed by atoms with E-state index in [0.717, 1.165) is 12.8 Å². The molecule has 1 amide bonds. The van der Waals surface area contributed by atoms with Crippen LogP contribution in [0.2, 0.25) is 0 Å². The van der Waals surface area contributed by atoms with Crippen molar-refractivity contribution in [2.75, 3.05) is 5.32 Å². The standard InChI is InChI=1S/C13H16F2N2O2/c1-8(12(18)17-9-6-7-9)16-10-4-2-3-5-11(10)19-13(14)15/h2-5,8-9,13,16H,6-7H2,1H3,(H,17,18). The molecule has 1 fully saturated rings. The minimum absolute atomic E-state index is 0.0311. The van der Waals surface area contributed by atoms with E-state index in [1.165, 1.54) is 6.07 Å². The lowest BCUT2D eigenvalue weighted by Crippen LogP contribution is -2.38. The van der Waals surface area contributed by atoms with Crippen LogP contribution in [0.15, 0.2) is 24.3 Å². The molecule has 1 saturated carbocycles. The zero-order chi connectivity index (χ0) is 13.8. The molecule has 1 unspecified atom stereocenters. The molecule has 0 saturated heterocycles. The normalized spacial score (nSPS) is 16.0. The fourth-order valence-electron chi connectivity index (χ4n) is 1.64. The van der Waals surface area contributed by atoms with E-state index in [1.54, 1.807) is 25.1 Å². The van der Waals surface area contributed by atoms with E-state index >= 15 is 0 Å². The molecule has 2 rings (SSSR count). The number of rotatable bonds is 6. The zero-order valence-electron chi connectivity index (χ0n) is 10.5. The number of nitrogens with one attached hydrogen (secondary N) is 2. The summed E-state index contributed by atoms with van der Waals surface area (Å²) in [4.78, 5) is 11.8.